The molecule has 1 saturated carbocycles. The molecule has 9 heteroatoms. The predicted octanol–water partition coefficient (Wildman–Crippen LogP) is 7.08. The molecule has 0 saturated heterocycles. The van der Waals surface area contributed by atoms with Crippen LogP contribution in [0.3, 0.4) is 0 Å². The van der Waals surface area contributed by atoms with Gasteiger partial charge in [0.1, 0.15) is 22.3 Å². The van der Waals surface area contributed by atoms with Crippen molar-refractivity contribution in [3.05, 3.63) is 82.0 Å². The van der Waals surface area contributed by atoms with Crippen LogP contribution in [0.4, 0.5) is 8.78 Å². The van der Waals surface area contributed by atoms with Crippen LogP contribution in [-0.4, -0.2) is 42.0 Å². The number of ether oxygens (including phenoxy) is 1. The summed E-state index contributed by atoms with van der Waals surface area (Å²) in [7, 11) is 3.55. The van der Waals surface area contributed by atoms with Crippen molar-refractivity contribution < 1.29 is 18.3 Å². The molecular weight excluding hydrogens is 528 g/mol. The molecule has 1 aliphatic rings. The van der Waals surface area contributed by atoms with Crippen molar-refractivity contribution in [2.24, 2.45) is 0 Å². The van der Waals surface area contributed by atoms with Crippen LogP contribution in [0.25, 0.3) is 21.2 Å². The number of fused-ring (bicyclic) bond motifs is 1. The molecule has 0 aliphatic heterocycles. The molecule has 198 valence electrons. The minimum absolute atomic E-state index is 0.0431. The van der Waals surface area contributed by atoms with Crippen LogP contribution >= 0.6 is 22.9 Å². The third kappa shape index (κ3) is 5.13. The molecule has 0 atom stereocenters. The number of carbonyl (C=O) groups excluding carboxylic acids is 1. The minimum atomic E-state index is -0.644. The van der Waals surface area contributed by atoms with Gasteiger partial charge in [-0.3, -0.25) is 9.78 Å². The predicted molar refractivity (Wildman–Crippen MR) is 148 cm³/mol. The summed E-state index contributed by atoms with van der Waals surface area (Å²) in [5.41, 5.74) is 2.80. The Hall–Kier alpha value is -3.07. The maximum absolute atomic E-state index is 14.6. The van der Waals surface area contributed by atoms with Crippen molar-refractivity contribution in [3.8, 4) is 16.9 Å². The van der Waals surface area contributed by atoms with E-state index in [0.29, 0.717) is 11.8 Å². The number of benzene rings is 2. The number of hydrogen-bond acceptors (Lipinski definition) is 5. The van der Waals surface area contributed by atoms with E-state index in [1.807, 2.05) is 37.4 Å². The lowest BCUT2D eigenvalue weighted by Gasteiger charge is -2.37. The highest BCUT2D eigenvalue weighted by Gasteiger charge is 2.33. The van der Waals surface area contributed by atoms with Crippen molar-refractivity contribution in [2.75, 3.05) is 14.2 Å². The number of methoxy groups -OCH3 is 1. The monoisotopic (exact) mass is 555 g/mol. The lowest BCUT2D eigenvalue weighted by Crippen LogP contribution is -2.44. The number of amides is 1. The zero-order valence-electron chi connectivity index (χ0n) is 21.1. The van der Waals surface area contributed by atoms with E-state index in [9.17, 15) is 13.6 Å². The van der Waals surface area contributed by atoms with Crippen LogP contribution in [0, 0.1) is 11.6 Å². The second-order valence-corrected chi connectivity index (χ2v) is 10.9. The van der Waals surface area contributed by atoms with Crippen LogP contribution in [0.15, 0.2) is 54.9 Å². The molecule has 0 bridgehead atoms. The molecule has 1 N–H and O–H groups in total. The minimum Gasteiger partial charge on any atom is -0.496 e. The van der Waals surface area contributed by atoms with Crippen molar-refractivity contribution >= 4 is 38.9 Å². The van der Waals surface area contributed by atoms with E-state index in [1.165, 1.54) is 0 Å². The third-order valence-corrected chi connectivity index (χ3v) is 8.99. The van der Waals surface area contributed by atoms with Gasteiger partial charge in [-0.05, 0) is 80.3 Å². The standard InChI is InChI=1S/C29H28ClF2N3O2S/c1-33-20-4-6-21(7-5-20)35(29(36)28-26(30)25-22(31)8-9-23(32)27(25)38-28)16-19-15-18(3-10-24(19)37-2)17-11-13-34-14-12-17/h3,8-15,20-21,33H,4-7,16H2,1-2H3/t20-,21-. The lowest BCUT2D eigenvalue weighted by atomic mass is 9.89. The van der Waals surface area contributed by atoms with Crippen molar-refractivity contribution in [3.63, 3.8) is 0 Å². The van der Waals surface area contributed by atoms with Crippen molar-refractivity contribution in [1.29, 1.82) is 0 Å². The van der Waals surface area contributed by atoms with Gasteiger partial charge in [0.05, 0.1) is 22.2 Å². The first-order valence-corrected chi connectivity index (χ1v) is 13.7. The van der Waals surface area contributed by atoms with Crippen LogP contribution in [0.1, 0.15) is 40.9 Å². The number of pyridine rings is 1. The van der Waals surface area contributed by atoms with E-state index in [2.05, 4.69) is 10.3 Å². The lowest BCUT2D eigenvalue weighted by molar-refractivity contribution is 0.0604. The Labute approximate surface area is 229 Å². The van der Waals surface area contributed by atoms with Gasteiger partial charge in [-0.1, -0.05) is 17.7 Å². The van der Waals surface area contributed by atoms with Gasteiger partial charge in [-0.25, -0.2) is 8.78 Å². The summed E-state index contributed by atoms with van der Waals surface area (Å²) in [6.07, 6.45) is 6.91. The molecule has 0 unspecified atom stereocenters. The van der Waals surface area contributed by atoms with Gasteiger partial charge in [-0.15, -0.1) is 11.3 Å². The fourth-order valence-corrected chi connectivity index (χ4v) is 6.72. The second kappa shape index (κ2) is 11.4. The van der Waals surface area contributed by atoms with Crippen molar-refractivity contribution in [1.82, 2.24) is 15.2 Å². The van der Waals surface area contributed by atoms with Crippen molar-refractivity contribution in [2.45, 2.75) is 44.3 Å². The number of rotatable bonds is 7. The van der Waals surface area contributed by atoms with Crippen LogP contribution < -0.4 is 10.1 Å². The van der Waals surface area contributed by atoms with E-state index < -0.39 is 11.6 Å². The number of halogens is 3. The van der Waals surface area contributed by atoms with Gasteiger partial charge in [0.2, 0.25) is 0 Å². The molecule has 0 radical (unpaired) electrons. The number of carbonyl (C=O) groups is 1. The fourth-order valence-electron chi connectivity index (χ4n) is 5.22. The first kappa shape index (κ1) is 26.5. The van der Waals surface area contributed by atoms with Gasteiger partial charge >= 0.3 is 0 Å². The number of hydrogen-bond donors (Lipinski definition) is 1. The quantitative estimate of drug-likeness (QED) is 0.265. The maximum atomic E-state index is 14.6. The summed E-state index contributed by atoms with van der Waals surface area (Å²) in [4.78, 5) is 20.1. The Morgan fingerprint density at radius 3 is 2.45 bits per heavy atom. The smallest absolute Gasteiger partial charge is 0.266 e. The molecule has 0 spiro atoms. The van der Waals surface area contributed by atoms with Gasteiger partial charge in [0.15, 0.2) is 0 Å². The van der Waals surface area contributed by atoms with Crippen LogP contribution in [0.2, 0.25) is 5.02 Å². The molecule has 1 amide bonds. The highest BCUT2D eigenvalue weighted by molar-refractivity contribution is 7.21. The zero-order valence-corrected chi connectivity index (χ0v) is 22.7. The molecule has 38 heavy (non-hydrogen) atoms. The number of thiophene rings is 1. The summed E-state index contributed by atoms with van der Waals surface area (Å²) in [5, 5.41) is 3.24. The highest BCUT2D eigenvalue weighted by atomic mass is 35.5. The Morgan fingerprint density at radius 2 is 1.79 bits per heavy atom. The fraction of sp³-hybridized carbons (Fsp3) is 0.310. The number of nitrogens with zero attached hydrogens (tertiary/aromatic N) is 2. The molecule has 4 aromatic rings. The Kier molecular flexibility index (Phi) is 7.93. The van der Waals surface area contributed by atoms with Gasteiger partial charge in [0.25, 0.3) is 5.91 Å². The molecule has 1 aliphatic carbocycles. The first-order valence-electron chi connectivity index (χ1n) is 12.5. The van der Waals surface area contributed by atoms with E-state index in [4.69, 9.17) is 16.3 Å². The van der Waals surface area contributed by atoms with Gasteiger partial charge < -0.3 is 15.0 Å². The molecule has 2 aromatic heterocycles. The molecule has 2 heterocycles. The van der Waals surface area contributed by atoms with E-state index in [0.717, 1.165) is 65.8 Å². The highest BCUT2D eigenvalue weighted by Crippen LogP contribution is 2.40. The summed E-state index contributed by atoms with van der Waals surface area (Å²) < 4.78 is 34.9. The largest absolute Gasteiger partial charge is 0.496 e. The number of nitrogens with one attached hydrogen (secondary N) is 1. The average molecular weight is 556 g/mol. The topological polar surface area (TPSA) is 54.5 Å². The molecule has 1 fully saturated rings. The van der Waals surface area contributed by atoms with Gasteiger partial charge in [0, 0.05) is 36.6 Å². The number of aromatic nitrogens is 1. The van der Waals surface area contributed by atoms with E-state index in [-0.39, 0.29) is 38.5 Å². The van der Waals surface area contributed by atoms with Gasteiger partial charge in [-0.2, -0.15) is 0 Å². The van der Waals surface area contributed by atoms with Crippen LogP contribution in [-0.2, 0) is 6.54 Å². The maximum Gasteiger partial charge on any atom is 0.266 e. The average Bonchev–Trinajstić information content (AvgIpc) is 3.32. The SMILES string of the molecule is CN[C@H]1CC[C@H](N(Cc2cc(-c3ccncc3)ccc2OC)C(=O)c2sc3c(F)ccc(F)c3c2Cl)CC1. The second-order valence-electron chi connectivity index (χ2n) is 9.47. The Bertz CT molecular complexity index is 1460. The Balaban J connectivity index is 1.56. The third-order valence-electron chi connectivity index (χ3n) is 7.32. The molecule has 5 rings (SSSR count). The molecular formula is C29H28ClF2N3O2S. The summed E-state index contributed by atoms with van der Waals surface area (Å²) in [6.45, 7) is 0.269. The normalized spacial score (nSPS) is 17.5. The van der Waals surface area contributed by atoms with Crippen LogP contribution in [0.5, 0.6) is 5.75 Å². The first-order chi connectivity index (χ1) is 18.4. The zero-order chi connectivity index (χ0) is 26.8. The van der Waals surface area contributed by atoms with E-state index in [1.54, 1.807) is 24.4 Å². The summed E-state index contributed by atoms with van der Waals surface area (Å²) in [5.74, 6) is -0.919. The Morgan fingerprint density at radius 1 is 1.08 bits per heavy atom. The van der Waals surface area contributed by atoms with E-state index >= 15 is 0 Å². The summed E-state index contributed by atoms with van der Waals surface area (Å²) in [6, 6.07) is 12.2. The molecule has 5 nitrogen and oxygen atoms in total. The molecule has 2 aromatic carbocycles. The summed E-state index contributed by atoms with van der Waals surface area (Å²) >= 11 is 7.44.